The molecule has 7 heteroatoms. The van der Waals surface area contributed by atoms with E-state index in [1.54, 1.807) is 5.06 Å². The van der Waals surface area contributed by atoms with Gasteiger partial charge in [0.1, 0.15) is 31.5 Å². The van der Waals surface area contributed by atoms with Crippen LogP contribution in [-0.2, 0) is 28.6 Å². The van der Waals surface area contributed by atoms with Crippen LogP contribution in [0.2, 0.25) is 0 Å². The molecule has 3 aliphatic rings. The highest BCUT2D eigenvalue weighted by atomic mass is 16.8. The molecule has 5 atom stereocenters. The Kier molecular flexibility index (Phi) is 2.53. The first-order chi connectivity index (χ1) is 8.15. The standard InChI is InChI=1S/C10H13NO6/c1-5(12)14-3-7-9-8-6(10(13)16-9)2-11(17-8)4-15-7/h6-9H,2-4H2,1H3/t6-,7-,8+,9+/m1/s1. The third-order valence-corrected chi connectivity index (χ3v) is 3.20. The minimum atomic E-state index is -0.487. The Morgan fingerprint density at radius 2 is 2.35 bits per heavy atom. The van der Waals surface area contributed by atoms with Gasteiger partial charge >= 0.3 is 11.9 Å². The van der Waals surface area contributed by atoms with Crippen molar-refractivity contribution >= 4 is 11.9 Å². The van der Waals surface area contributed by atoms with Crippen molar-refractivity contribution in [2.75, 3.05) is 19.9 Å². The molecule has 0 saturated carbocycles. The molecule has 3 heterocycles. The van der Waals surface area contributed by atoms with Gasteiger partial charge in [0.05, 0.1) is 0 Å². The molecule has 3 rings (SSSR count). The lowest BCUT2D eigenvalue weighted by molar-refractivity contribution is -0.178. The zero-order valence-electron chi connectivity index (χ0n) is 9.33. The number of rotatable bonds is 2. The van der Waals surface area contributed by atoms with E-state index in [2.05, 4.69) is 0 Å². The van der Waals surface area contributed by atoms with Crippen molar-refractivity contribution in [3.63, 3.8) is 0 Å². The predicted octanol–water partition coefficient (Wildman–Crippen LogP) is -0.937. The number of hydrogen-bond acceptors (Lipinski definition) is 7. The summed E-state index contributed by atoms with van der Waals surface area (Å²) in [6.45, 7) is 2.16. The van der Waals surface area contributed by atoms with Crippen LogP contribution in [0.3, 0.4) is 0 Å². The van der Waals surface area contributed by atoms with Crippen molar-refractivity contribution in [3.05, 3.63) is 0 Å². The average molecular weight is 243 g/mol. The molecule has 0 N–H and O–H groups in total. The second kappa shape index (κ2) is 3.94. The van der Waals surface area contributed by atoms with E-state index < -0.39 is 12.2 Å². The van der Waals surface area contributed by atoms with E-state index in [0.717, 1.165) is 0 Å². The maximum atomic E-state index is 11.6. The summed E-state index contributed by atoms with van der Waals surface area (Å²) in [6.07, 6.45) is -1.26. The van der Waals surface area contributed by atoms with E-state index >= 15 is 0 Å². The van der Waals surface area contributed by atoms with Gasteiger partial charge in [0.2, 0.25) is 0 Å². The zero-order chi connectivity index (χ0) is 12.0. The highest BCUT2D eigenvalue weighted by molar-refractivity contribution is 5.76. The van der Waals surface area contributed by atoms with Gasteiger partial charge in [-0.3, -0.25) is 14.4 Å². The summed E-state index contributed by atoms with van der Waals surface area (Å²) in [5.41, 5.74) is 0. The summed E-state index contributed by atoms with van der Waals surface area (Å²) in [6, 6.07) is 0. The highest BCUT2D eigenvalue weighted by Crippen LogP contribution is 2.36. The fourth-order valence-corrected chi connectivity index (χ4v) is 2.38. The number of ether oxygens (including phenoxy) is 3. The summed E-state index contributed by atoms with van der Waals surface area (Å²) >= 11 is 0. The molecule has 0 amide bonds. The van der Waals surface area contributed by atoms with Crippen LogP contribution >= 0.6 is 0 Å². The van der Waals surface area contributed by atoms with E-state index in [4.69, 9.17) is 19.0 Å². The Labute approximate surface area is 97.5 Å². The fourth-order valence-electron chi connectivity index (χ4n) is 2.38. The average Bonchev–Trinajstić information content (AvgIpc) is 2.76. The van der Waals surface area contributed by atoms with Crippen LogP contribution in [0.4, 0.5) is 0 Å². The first kappa shape index (κ1) is 10.9. The van der Waals surface area contributed by atoms with Crippen molar-refractivity contribution in [2.45, 2.75) is 25.2 Å². The van der Waals surface area contributed by atoms with E-state index in [9.17, 15) is 9.59 Å². The van der Waals surface area contributed by atoms with E-state index in [-0.39, 0.29) is 37.3 Å². The first-order valence-corrected chi connectivity index (χ1v) is 5.52. The summed E-state index contributed by atoms with van der Waals surface area (Å²) < 4.78 is 15.6. The molecule has 0 aromatic carbocycles. The number of nitrogens with zero attached hydrogens (tertiary/aromatic N) is 1. The van der Waals surface area contributed by atoms with E-state index in [1.165, 1.54) is 6.92 Å². The van der Waals surface area contributed by atoms with Crippen molar-refractivity contribution in [1.82, 2.24) is 5.06 Å². The lowest BCUT2D eigenvalue weighted by atomic mass is 9.99. The van der Waals surface area contributed by atoms with Crippen LogP contribution in [0.1, 0.15) is 6.92 Å². The highest BCUT2D eigenvalue weighted by Gasteiger charge is 2.56. The largest absolute Gasteiger partial charge is 0.463 e. The molecule has 7 nitrogen and oxygen atoms in total. The van der Waals surface area contributed by atoms with Crippen LogP contribution < -0.4 is 0 Å². The predicted molar refractivity (Wildman–Crippen MR) is 51.3 cm³/mol. The summed E-state index contributed by atoms with van der Waals surface area (Å²) in [5.74, 6) is -0.894. The van der Waals surface area contributed by atoms with Gasteiger partial charge in [-0.05, 0) is 0 Å². The van der Waals surface area contributed by atoms with Crippen molar-refractivity contribution in [2.24, 2.45) is 5.92 Å². The normalized spacial score (nSPS) is 43.1. The van der Waals surface area contributed by atoms with Crippen LogP contribution in [0.5, 0.6) is 0 Å². The molecule has 94 valence electrons. The minimum absolute atomic E-state index is 0.0771. The molecular formula is C10H13NO6. The summed E-state index contributed by atoms with van der Waals surface area (Å²) in [5, 5.41) is 1.61. The van der Waals surface area contributed by atoms with Crippen LogP contribution in [0.25, 0.3) is 0 Å². The second-order valence-corrected chi connectivity index (χ2v) is 4.38. The Morgan fingerprint density at radius 3 is 3.12 bits per heavy atom. The van der Waals surface area contributed by atoms with Crippen LogP contribution in [-0.4, -0.2) is 55.2 Å². The van der Waals surface area contributed by atoms with Gasteiger partial charge in [-0.2, -0.15) is 5.06 Å². The van der Waals surface area contributed by atoms with E-state index in [1.807, 2.05) is 0 Å². The SMILES string of the molecule is CC(=O)OC[C@H]1OCN2C[C@H]3C(=O)O[C@@H]1[C@H]3O2. The van der Waals surface area contributed by atoms with Gasteiger partial charge in [0, 0.05) is 13.5 Å². The lowest BCUT2D eigenvalue weighted by Gasteiger charge is -2.22. The van der Waals surface area contributed by atoms with E-state index in [0.29, 0.717) is 6.54 Å². The van der Waals surface area contributed by atoms with Gasteiger partial charge < -0.3 is 14.2 Å². The fraction of sp³-hybridized carbons (Fsp3) is 0.800. The molecule has 0 spiro atoms. The number of hydrogen-bond donors (Lipinski definition) is 0. The van der Waals surface area contributed by atoms with Crippen molar-refractivity contribution in [3.8, 4) is 0 Å². The lowest BCUT2D eigenvalue weighted by Crippen LogP contribution is -2.40. The number of fused-ring (bicyclic) bond motifs is 1. The molecule has 0 aromatic rings. The van der Waals surface area contributed by atoms with Crippen molar-refractivity contribution < 1.29 is 28.6 Å². The molecule has 2 bridgehead atoms. The molecule has 0 aromatic heterocycles. The smallest absolute Gasteiger partial charge is 0.313 e. The third-order valence-electron chi connectivity index (χ3n) is 3.20. The Balaban J connectivity index is 1.74. The molecule has 3 saturated heterocycles. The Morgan fingerprint density at radius 1 is 1.53 bits per heavy atom. The maximum absolute atomic E-state index is 11.6. The van der Waals surface area contributed by atoms with Gasteiger partial charge in [-0.1, -0.05) is 0 Å². The number of hydroxylamine groups is 2. The van der Waals surface area contributed by atoms with Gasteiger partial charge in [-0.25, -0.2) is 0 Å². The number of esters is 2. The first-order valence-electron chi connectivity index (χ1n) is 5.52. The summed E-state index contributed by atoms with van der Waals surface area (Å²) in [7, 11) is 0. The summed E-state index contributed by atoms with van der Waals surface area (Å²) in [4.78, 5) is 27.9. The number of carbonyl (C=O) groups is 2. The molecule has 3 fully saturated rings. The quantitative estimate of drug-likeness (QED) is 0.579. The topological polar surface area (TPSA) is 74.3 Å². The maximum Gasteiger partial charge on any atom is 0.313 e. The molecule has 17 heavy (non-hydrogen) atoms. The Bertz CT molecular complexity index is 359. The third kappa shape index (κ3) is 1.80. The molecule has 0 aliphatic carbocycles. The molecule has 1 unspecified atom stereocenters. The molecule has 3 aliphatic heterocycles. The minimum Gasteiger partial charge on any atom is -0.463 e. The van der Waals surface area contributed by atoms with Crippen LogP contribution in [0, 0.1) is 5.92 Å². The number of carbonyl (C=O) groups excluding carboxylic acids is 2. The molecule has 0 radical (unpaired) electrons. The second-order valence-electron chi connectivity index (χ2n) is 4.38. The zero-order valence-corrected chi connectivity index (χ0v) is 9.33. The van der Waals surface area contributed by atoms with Gasteiger partial charge in [0.15, 0.2) is 6.10 Å². The van der Waals surface area contributed by atoms with Crippen molar-refractivity contribution in [1.29, 1.82) is 0 Å². The van der Waals surface area contributed by atoms with Gasteiger partial charge in [-0.15, -0.1) is 0 Å². The van der Waals surface area contributed by atoms with Gasteiger partial charge in [0.25, 0.3) is 0 Å². The molecular weight excluding hydrogens is 230 g/mol. The monoisotopic (exact) mass is 243 g/mol. The van der Waals surface area contributed by atoms with Crippen LogP contribution in [0.15, 0.2) is 0 Å². The Hall–Kier alpha value is -1.18.